The Hall–Kier alpha value is -1.80. The lowest BCUT2D eigenvalue weighted by molar-refractivity contribution is -0.142. The third kappa shape index (κ3) is 2.10. The van der Waals surface area contributed by atoms with E-state index in [9.17, 15) is 13.2 Å². The second-order valence-electron chi connectivity index (χ2n) is 4.50. The summed E-state index contributed by atoms with van der Waals surface area (Å²) in [5, 5.41) is 0. The summed E-state index contributed by atoms with van der Waals surface area (Å²) in [6.07, 6.45) is 0.220. The minimum atomic E-state index is -3.77. The van der Waals surface area contributed by atoms with E-state index in [4.69, 9.17) is 9.47 Å². The van der Waals surface area contributed by atoms with E-state index in [1.807, 2.05) is 0 Å². The number of methoxy groups -OCH3 is 1. The molecule has 0 bridgehead atoms. The lowest BCUT2D eigenvalue weighted by Gasteiger charge is -2.26. The smallest absolute Gasteiger partial charge is 0.324 e. The zero-order valence-corrected chi connectivity index (χ0v) is 11.5. The van der Waals surface area contributed by atoms with E-state index in [1.54, 1.807) is 6.07 Å². The van der Waals surface area contributed by atoms with E-state index < -0.39 is 22.0 Å². The van der Waals surface area contributed by atoms with Gasteiger partial charge in [-0.25, -0.2) is 8.42 Å². The van der Waals surface area contributed by atoms with E-state index >= 15 is 0 Å². The van der Waals surface area contributed by atoms with Crippen molar-refractivity contribution < 1.29 is 27.4 Å². The minimum Gasteiger partial charge on any atom is -0.486 e. The van der Waals surface area contributed by atoms with E-state index in [2.05, 4.69) is 9.46 Å². The summed E-state index contributed by atoms with van der Waals surface area (Å²) in [6.45, 7) is 0.793. The van der Waals surface area contributed by atoms with Crippen molar-refractivity contribution in [2.75, 3.05) is 20.3 Å². The molecule has 1 unspecified atom stereocenters. The van der Waals surface area contributed by atoms with Crippen LogP contribution in [0, 0.1) is 0 Å². The van der Waals surface area contributed by atoms with Crippen molar-refractivity contribution in [2.24, 2.45) is 0 Å². The van der Waals surface area contributed by atoms with Gasteiger partial charge in [-0.05, 0) is 11.6 Å². The van der Waals surface area contributed by atoms with Gasteiger partial charge in [-0.2, -0.15) is 4.72 Å². The molecular weight excluding hydrogens is 286 g/mol. The van der Waals surface area contributed by atoms with Gasteiger partial charge >= 0.3 is 5.97 Å². The monoisotopic (exact) mass is 299 g/mol. The Morgan fingerprint density at radius 1 is 1.30 bits per heavy atom. The number of carbonyl (C=O) groups is 1. The lowest BCUT2D eigenvalue weighted by Crippen LogP contribution is -2.46. The molecule has 1 N–H and O–H groups in total. The van der Waals surface area contributed by atoms with Crippen molar-refractivity contribution in [3.8, 4) is 11.5 Å². The highest BCUT2D eigenvalue weighted by atomic mass is 32.2. The third-order valence-electron chi connectivity index (χ3n) is 3.22. The summed E-state index contributed by atoms with van der Waals surface area (Å²) < 4.78 is 42.0. The van der Waals surface area contributed by atoms with Gasteiger partial charge in [0.05, 0.1) is 12.0 Å². The molecule has 20 heavy (non-hydrogen) atoms. The normalized spacial score (nSPS) is 22.8. The molecule has 2 aliphatic heterocycles. The van der Waals surface area contributed by atoms with Crippen molar-refractivity contribution >= 4 is 16.0 Å². The molecule has 0 saturated carbocycles. The van der Waals surface area contributed by atoms with E-state index in [1.165, 1.54) is 13.2 Å². The van der Waals surface area contributed by atoms with Crippen LogP contribution < -0.4 is 14.2 Å². The van der Waals surface area contributed by atoms with Crippen LogP contribution in [-0.4, -0.2) is 40.8 Å². The van der Waals surface area contributed by atoms with Crippen LogP contribution in [0.25, 0.3) is 0 Å². The molecule has 8 heteroatoms. The maximum Gasteiger partial charge on any atom is 0.324 e. The highest BCUT2D eigenvalue weighted by Crippen LogP contribution is 2.37. The Labute approximate surface area is 115 Å². The van der Waals surface area contributed by atoms with Gasteiger partial charge in [0.15, 0.2) is 11.5 Å². The Kier molecular flexibility index (Phi) is 3.06. The highest BCUT2D eigenvalue weighted by molar-refractivity contribution is 7.89. The number of esters is 1. The topological polar surface area (TPSA) is 90.9 Å². The molecule has 1 aromatic rings. The molecule has 7 nitrogen and oxygen atoms in total. The van der Waals surface area contributed by atoms with Crippen LogP contribution in [0.15, 0.2) is 17.0 Å². The number of benzene rings is 1. The Balaban J connectivity index is 2.07. The Morgan fingerprint density at radius 3 is 2.60 bits per heavy atom. The number of rotatable bonds is 1. The Morgan fingerprint density at radius 2 is 1.95 bits per heavy atom. The van der Waals surface area contributed by atoms with Crippen molar-refractivity contribution in [2.45, 2.75) is 17.4 Å². The molecule has 0 aromatic heterocycles. The Bertz CT molecular complexity index is 669. The summed E-state index contributed by atoms with van der Waals surface area (Å²) in [5.74, 6) is 0.279. The summed E-state index contributed by atoms with van der Waals surface area (Å²) in [6, 6.07) is 2.12. The fourth-order valence-corrected chi connectivity index (χ4v) is 3.74. The SMILES string of the molecule is COC(=O)C1Cc2cc3c(cc2S(=O)(=O)N1)OCCO3. The average Bonchev–Trinajstić information content (AvgIpc) is 2.44. The first kappa shape index (κ1) is 13.2. The molecule has 1 aromatic carbocycles. The largest absolute Gasteiger partial charge is 0.486 e. The van der Waals surface area contributed by atoms with Crippen LogP contribution in [-0.2, 0) is 26.0 Å². The zero-order valence-electron chi connectivity index (χ0n) is 10.7. The van der Waals surface area contributed by atoms with Gasteiger partial charge in [0, 0.05) is 12.5 Å². The summed E-state index contributed by atoms with van der Waals surface area (Å²) >= 11 is 0. The van der Waals surface area contributed by atoms with Crippen molar-refractivity contribution in [1.82, 2.24) is 4.72 Å². The molecule has 0 fully saturated rings. The van der Waals surface area contributed by atoms with Gasteiger partial charge in [-0.1, -0.05) is 0 Å². The van der Waals surface area contributed by atoms with Crippen molar-refractivity contribution in [3.63, 3.8) is 0 Å². The van der Waals surface area contributed by atoms with Gasteiger partial charge in [0.2, 0.25) is 10.0 Å². The minimum absolute atomic E-state index is 0.113. The predicted molar refractivity (Wildman–Crippen MR) is 67.3 cm³/mol. The van der Waals surface area contributed by atoms with Gasteiger partial charge in [-0.15, -0.1) is 0 Å². The summed E-state index contributed by atoms with van der Waals surface area (Å²) in [5.41, 5.74) is 0.517. The molecule has 1 atom stereocenters. The first-order chi connectivity index (χ1) is 9.51. The molecule has 3 rings (SSSR count). The summed E-state index contributed by atoms with van der Waals surface area (Å²) in [7, 11) is -2.55. The highest BCUT2D eigenvalue weighted by Gasteiger charge is 2.35. The molecule has 0 saturated heterocycles. The maximum atomic E-state index is 12.2. The number of hydrogen-bond acceptors (Lipinski definition) is 6. The number of carbonyl (C=O) groups excluding carboxylic acids is 1. The predicted octanol–water partition coefficient (Wildman–Crippen LogP) is -0.166. The van der Waals surface area contributed by atoms with E-state index in [0.29, 0.717) is 30.3 Å². The molecule has 0 radical (unpaired) electrons. The van der Waals surface area contributed by atoms with Crippen molar-refractivity contribution in [3.05, 3.63) is 17.7 Å². The van der Waals surface area contributed by atoms with E-state index in [-0.39, 0.29) is 11.3 Å². The molecule has 108 valence electrons. The quantitative estimate of drug-likeness (QED) is 0.724. The first-order valence-electron chi connectivity index (χ1n) is 6.04. The molecule has 0 aliphatic carbocycles. The van der Waals surface area contributed by atoms with Gasteiger partial charge < -0.3 is 14.2 Å². The van der Waals surface area contributed by atoms with Gasteiger partial charge in [0.25, 0.3) is 0 Å². The van der Waals surface area contributed by atoms with Crippen LogP contribution in [0.1, 0.15) is 5.56 Å². The summed E-state index contributed by atoms with van der Waals surface area (Å²) in [4.78, 5) is 11.7. The fraction of sp³-hybridized carbons (Fsp3) is 0.417. The number of ether oxygens (including phenoxy) is 3. The number of sulfonamides is 1. The lowest BCUT2D eigenvalue weighted by atomic mass is 10.1. The van der Waals surface area contributed by atoms with Gasteiger partial charge in [-0.3, -0.25) is 4.79 Å². The van der Waals surface area contributed by atoms with Crippen LogP contribution in [0.5, 0.6) is 11.5 Å². The number of hydrogen-bond donors (Lipinski definition) is 1. The average molecular weight is 299 g/mol. The number of nitrogens with one attached hydrogen (secondary N) is 1. The van der Waals surface area contributed by atoms with Crippen LogP contribution in [0.4, 0.5) is 0 Å². The van der Waals surface area contributed by atoms with E-state index in [0.717, 1.165) is 0 Å². The third-order valence-corrected chi connectivity index (χ3v) is 4.78. The molecule has 2 aliphatic rings. The second kappa shape index (κ2) is 4.64. The molecule has 2 heterocycles. The molecular formula is C12H13NO6S. The first-order valence-corrected chi connectivity index (χ1v) is 7.52. The van der Waals surface area contributed by atoms with Crippen molar-refractivity contribution in [1.29, 1.82) is 0 Å². The zero-order chi connectivity index (χ0) is 14.3. The standard InChI is InChI=1S/C12H13NO6S/c1-17-12(14)8-4-7-5-9-10(19-3-2-18-9)6-11(7)20(15,16)13-8/h5-6,8,13H,2-4H2,1H3. The second-order valence-corrected chi connectivity index (χ2v) is 6.19. The van der Waals surface area contributed by atoms with Gasteiger partial charge in [0.1, 0.15) is 19.3 Å². The van der Waals surface area contributed by atoms with Crippen LogP contribution >= 0.6 is 0 Å². The fourth-order valence-electron chi connectivity index (χ4n) is 2.31. The number of fused-ring (bicyclic) bond motifs is 2. The van der Waals surface area contributed by atoms with Crippen LogP contribution in [0.2, 0.25) is 0 Å². The molecule has 0 amide bonds. The molecule has 0 spiro atoms. The maximum absolute atomic E-state index is 12.2. The van der Waals surface area contributed by atoms with Crippen LogP contribution in [0.3, 0.4) is 0 Å².